The average Bonchev–Trinajstić information content (AvgIpc) is 2.67. The molecule has 0 bridgehead atoms. The molecule has 0 spiro atoms. The van der Waals surface area contributed by atoms with Crippen molar-refractivity contribution in [2.24, 2.45) is 0 Å². The molecule has 80 valence electrons. The SMILES string of the molecule is CCCCCOc1cc2ccccc2o1. The molecule has 0 aliphatic heterocycles. The largest absolute Gasteiger partial charge is 0.465 e. The predicted octanol–water partition coefficient (Wildman–Crippen LogP) is 4.00. The van der Waals surface area contributed by atoms with E-state index < -0.39 is 0 Å². The van der Waals surface area contributed by atoms with Crippen LogP contribution in [0.2, 0.25) is 0 Å². The first-order valence-corrected chi connectivity index (χ1v) is 5.51. The number of furan rings is 1. The molecule has 1 aromatic carbocycles. The van der Waals surface area contributed by atoms with Crippen molar-refractivity contribution in [3.8, 4) is 5.95 Å². The van der Waals surface area contributed by atoms with Crippen molar-refractivity contribution in [2.45, 2.75) is 26.2 Å². The molecule has 2 rings (SSSR count). The van der Waals surface area contributed by atoms with Crippen LogP contribution in [0.3, 0.4) is 0 Å². The maximum Gasteiger partial charge on any atom is 0.285 e. The normalized spacial score (nSPS) is 10.7. The molecule has 0 fully saturated rings. The third-order valence-corrected chi connectivity index (χ3v) is 2.40. The predicted molar refractivity (Wildman–Crippen MR) is 61.2 cm³/mol. The Bertz CT molecular complexity index is 384. The Morgan fingerprint density at radius 1 is 1.20 bits per heavy atom. The summed E-state index contributed by atoms with van der Waals surface area (Å²) in [5, 5.41) is 1.10. The summed E-state index contributed by atoms with van der Waals surface area (Å²) in [6, 6.07) is 9.89. The summed E-state index contributed by atoms with van der Waals surface area (Å²) in [5.74, 6) is 0.632. The van der Waals surface area contributed by atoms with E-state index in [-0.39, 0.29) is 0 Å². The Labute approximate surface area is 89.8 Å². The van der Waals surface area contributed by atoms with Crippen molar-refractivity contribution in [3.05, 3.63) is 30.3 Å². The zero-order chi connectivity index (χ0) is 10.5. The molecule has 0 N–H and O–H groups in total. The van der Waals surface area contributed by atoms with Crippen LogP contribution in [0.15, 0.2) is 34.7 Å². The van der Waals surface area contributed by atoms with E-state index in [0.29, 0.717) is 5.95 Å². The number of rotatable bonds is 5. The second-order valence-corrected chi connectivity index (χ2v) is 3.66. The highest BCUT2D eigenvalue weighted by Gasteiger charge is 2.02. The van der Waals surface area contributed by atoms with Crippen LogP contribution in [-0.4, -0.2) is 6.61 Å². The van der Waals surface area contributed by atoms with Gasteiger partial charge in [-0.2, -0.15) is 0 Å². The van der Waals surface area contributed by atoms with Crippen LogP contribution in [0.5, 0.6) is 5.95 Å². The molecule has 15 heavy (non-hydrogen) atoms. The number of hydrogen-bond acceptors (Lipinski definition) is 2. The number of ether oxygens (including phenoxy) is 1. The van der Waals surface area contributed by atoms with Gasteiger partial charge in [0.25, 0.3) is 5.95 Å². The van der Waals surface area contributed by atoms with E-state index in [1.54, 1.807) is 0 Å². The van der Waals surface area contributed by atoms with Gasteiger partial charge in [-0.3, -0.25) is 0 Å². The zero-order valence-electron chi connectivity index (χ0n) is 9.03. The molecular weight excluding hydrogens is 188 g/mol. The van der Waals surface area contributed by atoms with Crippen LogP contribution >= 0.6 is 0 Å². The van der Waals surface area contributed by atoms with Crippen molar-refractivity contribution in [1.82, 2.24) is 0 Å². The first kappa shape index (κ1) is 10.1. The summed E-state index contributed by atoms with van der Waals surface area (Å²) in [5.41, 5.74) is 0.892. The molecule has 2 aromatic rings. The minimum Gasteiger partial charge on any atom is -0.465 e. The van der Waals surface area contributed by atoms with Gasteiger partial charge in [-0.05, 0) is 12.5 Å². The summed E-state index contributed by atoms with van der Waals surface area (Å²) in [6.45, 7) is 2.93. The van der Waals surface area contributed by atoms with Crippen molar-refractivity contribution in [2.75, 3.05) is 6.61 Å². The first-order valence-electron chi connectivity index (χ1n) is 5.51. The molecule has 0 amide bonds. The van der Waals surface area contributed by atoms with E-state index in [9.17, 15) is 0 Å². The summed E-state index contributed by atoms with van der Waals surface area (Å²) in [4.78, 5) is 0. The lowest BCUT2D eigenvalue weighted by Gasteiger charge is -2.00. The van der Waals surface area contributed by atoms with Gasteiger partial charge in [0.05, 0.1) is 6.61 Å². The number of para-hydroxylation sites is 1. The van der Waals surface area contributed by atoms with Crippen LogP contribution in [-0.2, 0) is 0 Å². The highest BCUT2D eigenvalue weighted by molar-refractivity contribution is 5.78. The quantitative estimate of drug-likeness (QED) is 0.687. The van der Waals surface area contributed by atoms with Crippen molar-refractivity contribution < 1.29 is 9.15 Å². The summed E-state index contributed by atoms with van der Waals surface area (Å²) in [6.07, 6.45) is 3.51. The third-order valence-electron chi connectivity index (χ3n) is 2.40. The van der Waals surface area contributed by atoms with Gasteiger partial charge in [0.1, 0.15) is 5.58 Å². The van der Waals surface area contributed by atoms with Gasteiger partial charge < -0.3 is 9.15 Å². The smallest absolute Gasteiger partial charge is 0.285 e. The highest BCUT2D eigenvalue weighted by Crippen LogP contribution is 2.24. The molecule has 0 saturated heterocycles. The van der Waals surface area contributed by atoms with Crippen molar-refractivity contribution >= 4 is 11.0 Å². The van der Waals surface area contributed by atoms with E-state index in [1.165, 1.54) is 12.8 Å². The highest BCUT2D eigenvalue weighted by atomic mass is 16.6. The lowest BCUT2D eigenvalue weighted by molar-refractivity contribution is 0.243. The minimum atomic E-state index is 0.632. The number of fused-ring (bicyclic) bond motifs is 1. The van der Waals surface area contributed by atoms with Gasteiger partial charge in [0.2, 0.25) is 0 Å². The molecule has 2 heteroatoms. The van der Waals surface area contributed by atoms with Gasteiger partial charge in [-0.25, -0.2) is 0 Å². The molecule has 0 aliphatic carbocycles. The van der Waals surface area contributed by atoms with Crippen LogP contribution < -0.4 is 4.74 Å². The Hall–Kier alpha value is -1.44. The Balaban J connectivity index is 1.97. The fraction of sp³-hybridized carbons (Fsp3) is 0.385. The lowest BCUT2D eigenvalue weighted by atomic mass is 10.3. The molecule has 0 atom stereocenters. The monoisotopic (exact) mass is 204 g/mol. The van der Waals surface area contributed by atoms with E-state index >= 15 is 0 Å². The fourth-order valence-electron chi connectivity index (χ4n) is 1.55. The number of hydrogen-bond donors (Lipinski definition) is 0. The van der Waals surface area contributed by atoms with E-state index in [2.05, 4.69) is 6.92 Å². The average molecular weight is 204 g/mol. The van der Waals surface area contributed by atoms with Crippen molar-refractivity contribution in [3.63, 3.8) is 0 Å². The zero-order valence-corrected chi connectivity index (χ0v) is 9.03. The van der Waals surface area contributed by atoms with Crippen molar-refractivity contribution in [1.29, 1.82) is 0 Å². The maximum atomic E-state index is 5.53. The Kier molecular flexibility index (Phi) is 3.28. The molecule has 0 unspecified atom stereocenters. The molecular formula is C13H16O2. The topological polar surface area (TPSA) is 22.4 Å². The summed E-state index contributed by atoms with van der Waals surface area (Å²) < 4.78 is 11.1. The molecule has 0 aliphatic rings. The Morgan fingerprint density at radius 3 is 2.87 bits per heavy atom. The van der Waals surface area contributed by atoms with Gasteiger partial charge in [-0.15, -0.1) is 0 Å². The second-order valence-electron chi connectivity index (χ2n) is 3.66. The summed E-state index contributed by atoms with van der Waals surface area (Å²) >= 11 is 0. The second kappa shape index (κ2) is 4.87. The Morgan fingerprint density at radius 2 is 2.07 bits per heavy atom. The molecule has 0 radical (unpaired) electrons. The standard InChI is InChI=1S/C13H16O2/c1-2-3-6-9-14-13-10-11-7-4-5-8-12(11)15-13/h4-5,7-8,10H,2-3,6,9H2,1H3. The van der Waals surface area contributed by atoms with Crippen LogP contribution in [0.1, 0.15) is 26.2 Å². The molecule has 0 saturated carbocycles. The number of benzene rings is 1. The van der Waals surface area contributed by atoms with Gasteiger partial charge in [0.15, 0.2) is 0 Å². The van der Waals surface area contributed by atoms with Gasteiger partial charge >= 0.3 is 0 Å². The molecule has 1 aromatic heterocycles. The van der Waals surface area contributed by atoms with E-state index in [0.717, 1.165) is 24.0 Å². The van der Waals surface area contributed by atoms with Crippen LogP contribution in [0.4, 0.5) is 0 Å². The minimum absolute atomic E-state index is 0.632. The van der Waals surface area contributed by atoms with Crippen LogP contribution in [0, 0.1) is 0 Å². The van der Waals surface area contributed by atoms with Crippen LogP contribution in [0.25, 0.3) is 11.0 Å². The molecule has 2 nitrogen and oxygen atoms in total. The maximum absolute atomic E-state index is 5.53. The lowest BCUT2D eigenvalue weighted by Crippen LogP contribution is -1.95. The summed E-state index contributed by atoms with van der Waals surface area (Å²) in [7, 11) is 0. The molecule has 1 heterocycles. The number of unbranched alkanes of at least 4 members (excludes halogenated alkanes) is 2. The fourth-order valence-corrected chi connectivity index (χ4v) is 1.55. The third kappa shape index (κ3) is 2.52. The van der Waals surface area contributed by atoms with E-state index in [4.69, 9.17) is 9.15 Å². The van der Waals surface area contributed by atoms with Gasteiger partial charge in [0, 0.05) is 11.5 Å². The van der Waals surface area contributed by atoms with E-state index in [1.807, 2.05) is 30.3 Å². The first-order chi connectivity index (χ1) is 7.40. The van der Waals surface area contributed by atoms with Gasteiger partial charge in [-0.1, -0.05) is 38.0 Å².